The van der Waals surface area contributed by atoms with E-state index in [-0.39, 0.29) is 24.2 Å². The van der Waals surface area contributed by atoms with E-state index >= 15 is 0 Å². The first-order valence-electron chi connectivity index (χ1n) is 12.4. The van der Waals surface area contributed by atoms with Gasteiger partial charge in [0.05, 0.1) is 22.8 Å². The molecule has 2 aliphatic heterocycles. The molecule has 0 bridgehead atoms. The Morgan fingerprint density at radius 2 is 2.00 bits per heavy atom. The maximum Gasteiger partial charge on any atom is 0.253 e. The summed E-state index contributed by atoms with van der Waals surface area (Å²) in [7, 11) is 0. The summed E-state index contributed by atoms with van der Waals surface area (Å²) in [4.78, 5) is 15.0. The smallest absolute Gasteiger partial charge is 0.253 e. The molecule has 2 aromatic carbocycles. The van der Waals surface area contributed by atoms with E-state index in [0.717, 1.165) is 62.0 Å². The lowest BCUT2D eigenvalue weighted by atomic mass is 9.83. The van der Waals surface area contributed by atoms with Gasteiger partial charge >= 0.3 is 0 Å². The molecule has 4 N–H and O–H groups in total. The van der Waals surface area contributed by atoms with E-state index in [4.69, 9.17) is 33.7 Å². The molecule has 8 heteroatoms. The van der Waals surface area contributed by atoms with Crippen LogP contribution in [0.5, 0.6) is 5.75 Å². The van der Waals surface area contributed by atoms with Crippen molar-refractivity contribution in [3.8, 4) is 5.75 Å². The number of ether oxygens (including phenoxy) is 1. The number of phenols is 1. The van der Waals surface area contributed by atoms with Crippen LogP contribution in [-0.2, 0) is 11.2 Å². The molecule has 2 heterocycles. The third-order valence-electron chi connectivity index (χ3n) is 7.42. The van der Waals surface area contributed by atoms with Gasteiger partial charge in [0, 0.05) is 36.1 Å². The lowest BCUT2D eigenvalue weighted by molar-refractivity contribution is -0.0647. The minimum atomic E-state index is -0.180. The third kappa shape index (κ3) is 6.12. The molecule has 35 heavy (non-hydrogen) atoms. The Labute approximate surface area is 217 Å². The van der Waals surface area contributed by atoms with Gasteiger partial charge in [-0.05, 0) is 81.4 Å². The second kappa shape index (κ2) is 11.5. The van der Waals surface area contributed by atoms with Gasteiger partial charge in [-0.15, -0.1) is 0 Å². The summed E-state index contributed by atoms with van der Waals surface area (Å²) < 4.78 is 6.41. The van der Waals surface area contributed by atoms with Crippen molar-refractivity contribution in [1.29, 1.82) is 0 Å². The van der Waals surface area contributed by atoms with E-state index in [1.807, 2.05) is 26.0 Å². The summed E-state index contributed by atoms with van der Waals surface area (Å²) in [6.45, 7) is 7.27. The Balaban J connectivity index is 1.26. The van der Waals surface area contributed by atoms with E-state index in [0.29, 0.717) is 33.8 Å². The maximum atomic E-state index is 12.5. The highest BCUT2D eigenvalue weighted by Gasteiger charge is 2.35. The summed E-state index contributed by atoms with van der Waals surface area (Å²) in [5, 5.41) is 14.6. The number of hydrogen-bond donors (Lipinski definition) is 3. The van der Waals surface area contributed by atoms with E-state index < -0.39 is 0 Å². The predicted molar refractivity (Wildman–Crippen MR) is 140 cm³/mol. The van der Waals surface area contributed by atoms with Crippen molar-refractivity contribution in [2.75, 3.05) is 26.2 Å². The lowest BCUT2D eigenvalue weighted by Crippen LogP contribution is -2.43. The van der Waals surface area contributed by atoms with Gasteiger partial charge < -0.3 is 25.8 Å². The number of nitrogens with zero attached hydrogens (tertiary/aromatic N) is 1. The summed E-state index contributed by atoms with van der Waals surface area (Å²) in [6.07, 6.45) is 3.60. The molecule has 4 rings (SSSR count). The van der Waals surface area contributed by atoms with Crippen LogP contribution in [0.2, 0.25) is 10.0 Å². The lowest BCUT2D eigenvalue weighted by Gasteiger charge is -2.40. The Kier molecular flexibility index (Phi) is 8.61. The molecule has 0 spiro atoms. The molecule has 0 saturated carbocycles. The van der Waals surface area contributed by atoms with Crippen LogP contribution >= 0.6 is 23.2 Å². The number of fused-ring (bicyclic) bond motifs is 1. The Bertz CT molecular complexity index is 1060. The zero-order valence-corrected chi connectivity index (χ0v) is 21.9. The van der Waals surface area contributed by atoms with Crippen LogP contribution in [0.3, 0.4) is 0 Å². The van der Waals surface area contributed by atoms with Crippen molar-refractivity contribution in [3.05, 3.63) is 62.6 Å². The number of rotatable bonds is 7. The predicted octanol–water partition coefficient (Wildman–Crippen LogP) is 4.87. The molecule has 0 aliphatic carbocycles. The number of aryl methyl sites for hydroxylation is 1. The van der Waals surface area contributed by atoms with Gasteiger partial charge in [-0.2, -0.15) is 0 Å². The van der Waals surface area contributed by atoms with Gasteiger partial charge in [-0.25, -0.2) is 0 Å². The first-order chi connectivity index (χ1) is 16.8. The van der Waals surface area contributed by atoms with Crippen molar-refractivity contribution < 1.29 is 14.6 Å². The Morgan fingerprint density at radius 1 is 1.26 bits per heavy atom. The second-order valence-electron chi connectivity index (χ2n) is 9.87. The zero-order chi connectivity index (χ0) is 25.1. The standard InChI is InChI=1S/C27H35Cl2N3O3/c1-16-3-5-20-22(26(16)33)14-24(35-25(20)15-30)18-8-11-32(12-9-18)10-7-17(2)31-27(34)21-6-4-19(28)13-23(21)29/h3-6,13,17-18,24-25,33H,7-12,14-15,30H2,1-2H3,(H,31,34)/t17?,24-,25-/m0/s1. The zero-order valence-electron chi connectivity index (χ0n) is 20.4. The number of carbonyl (C=O) groups excluding carboxylic acids is 1. The fourth-order valence-electron chi connectivity index (χ4n) is 5.25. The number of hydrogen-bond acceptors (Lipinski definition) is 5. The van der Waals surface area contributed by atoms with E-state index in [1.165, 1.54) is 0 Å². The van der Waals surface area contributed by atoms with Crippen LogP contribution in [0.4, 0.5) is 0 Å². The van der Waals surface area contributed by atoms with Crippen LogP contribution in [0.15, 0.2) is 30.3 Å². The Hall–Kier alpha value is -1.83. The highest BCUT2D eigenvalue weighted by atomic mass is 35.5. The van der Waals surface area contributed by atoms with Gasteiger partial charge in [0.2, 0.25) is 0 Å². The highest BCUT2D eigenvalue weighted by Crippen LogP contribution is 2.40. The molecule has 2 aliphatic rings. The number of nitrogens with two attached hydrogens (primary N) is 1. The van der Waals surface area contributed by atoms with Gasteiger partial charge in [0.25, 0.3) is 5.91 Å². The van der Waals surface area contributed by atoms with Crippen molar-refractivity contribution in [1.82, 2.24) is 10.2 Å². The molecular formula is C27H35Cl2N3O3. The third-order valence-corrected chi connectivity index (χ3v) is 7.96. The summed E-state index contributed by atoms with van der Waals surface area (Å²) >= 11 is 12.1. The minimum absolute atomic E-state index is 0.0293. The van der Waals surface area contributed by atoms with Gasteiger partial charge in [0.15, 0.2) is 0 Å². The summed E-state index contributed by atoms with van der Waals surface area (Å²) in [5.74, 6) is 0.653. The number of likely N-dealkylation sites (tertiary alicyclic amines) is 1. The summed E-state index contributed by atoms with van der Waals surface area (Å²) in [5.41, 5.74) is 9.39. The fraction of sp³-hybridized carbons (Fsp3) is 0.519. The van der Waals surface area contributed by atoms with E-state index in [9.17, 15) is 9.90 Å². The highest BCUT2D eigenvalue weighted by molar-refractivity contribution is 6.36. The SMILES string of the molecule is Cc1ccc2c(c1O)C[C@@H](C1CCN(CCC(C)NC(=O)c3ccc(Cl)cc3Cl)CC1)O[C@H]2CN. The molecule has 2 aromatic rings. The van der Waals surface area contributed by atoms with Gasteiger partial charge in [0.1, 0.15) is 5.75 Å². The van der Waals surface area contributed by atoms with Crippen LogP contribution in [0.1, 0.15) is 59.3 Å². The topological polar surface area (TPSA) is 87.8 Å². The van der Waals surface area contributed by atoms with Crippen molar-refractivity contribution in [2.24, 2.45) is 11.7 Å². The average Bonchev–Trinajstić information content (AvgIpc) is 2.84. The van der Waals surface area contributed by atoms with Crippen LogP contribution in [-0.4, -0.2) is 54.2 Å². The Morgan fingerprint density at radius 3 is 2.69 bits per heavy atom. The summed E-state index contributed by atoms with van der Waals surface area (Å²) in [6, 6.07) is 8.92. The van der Waals surface area contributed by atoms with Crippen molar-refractivity contribution in [2.45, 2.75) is 57.8 Å². The molecule has 0 aromatic heterocycles. The second-order valence-corrected chi connectivity index (χ2v) is 10.7. The van der Waals surface area contributed by atoms with Crippen LogP contribution in [0, 0.1) is 12.8 Å². The molecule has 6 nitrogen and oxygen atoms in total. The first-order valence-corrected chi connectivity index (χ1v) is 13.2. The maximum absolute atomic E-state index is 12.5. The average molecular weight is 521 g/mol. The number of nitrogens with one attached hydrogen (secondary N) is 1. The van der Waals surface area contributed by atoms with Gasteiger partial charge in [-0.1, -0.05) is 35.3 Å². The molecule has 1 fully saturated rings. The number of carbonyl (C=O) groups is 1. The molecular weight excluding hydrogens is 485 g/mol. The molecule has 1 amide bonds. The van der Waals surface area contributed by atoms with Crippen LogP contribution in [0.25, 0.3) is 0 Å². The largest absolute Gasteiger partial charge is 0.507 e. The number of halogens is 2. The molecule has 1 saturated heterocycles. The first kappa shape index (κ1) is 26.2. The van der Waals surface area contributed by atoms with Crippen molar-refractivity contribution >= 4 is 29.1 Å². The normalized spacial score (nSPS) is 22.0. The number of benzene rings is 2. The number of phenolic OH excluding ortho intramolecular Hbond substituents is 1. The minimum Gasteiger partial charge on any atom is -0.507 e. The van der Waals surface area contributed by atoms with Crippen molar-refractivity contribution in [3.63, 3.8) is 0 Å². The quantitative estimate of drug-likeness (QED) is 0.485. The monoisotopic (exact) mass is 519 g/mol. The molecule has 190 valence electrons. The molecule has 1 unspecified atom stereocenters. The molecule has 0 radical (unpaired) electrons. The van der Waals surface area contributed by atoms with E-state index in [1.54, 1.807) is 18.2 Å². The number of piperidine rings is 1. The number of aromatic hydroxyl groups is 1. The number of amides is 1. The molecule has 3 atom stereocenters. The van der Waals surface area contributed by atoms with Gasteiger partial charge in [-0.3, -0.25) is 4.79 Å². The fourth-order valence-corrected chi connectivity index (χ4v) is 5.75. The van der Waals surface area contributed by atoms with E-state index in [2.05, 4.69) is 10.2 Å². The van der Waals surface area contributed by atoms with Crippen LogP contribution < -0.4 is 11.1 Å².